The minimum Gasteiger partial charge on any atom is -0.369 e. The van der Waals surface area contributed by atoms with E-state index in [-0.39, 0.29) is 24.0 Å². The molecule has 160 valence electrons. The van der Waals surface area contributed by atoms with Gasteiger partial charge in [-0.2, -0.15) is 11.8 Å². The van der Waals surface area contributed by atoms with Gasteiger partial charge in [0.25, 0.3) is 0 Å². The van der Waals surface area contributed by atoms with E-state index in [2.05, 4.69) is 62.0 Å². The molecule has 2 rings (SSSR count). The summed E-state index contributed by atoms with van der Waals surface area (Å²) in [5, 5.41) is 6.84. The summed E-state index contributed by atoms with van der Waals surface area (Å²) in [6.45, 7) is 7.80. The Balaban J connectivity index is 0.00000392. The minimum absolute atomic E-state index is 0. The molecule has 0 amide bonds. The standard InChI is InChI=1S/C21H37N5S.HI/c1-22-21(24-13-7-9-19-27-2)23-12-6-8-14-25-15-17-26(18-16-25)20-10-4-3-5-11-20;/h3-5,10-11H,6-9,12-19H2,1-2H3,(H2,22,23,24);1H. The molecule has 5 nitrogen and oxygen atoms in total. The predicted octanol–water partition coefficient (Wildman–Crippen LogP) is 3.52. The largest absolute Gasteiger partial charge is 0.369 e. The molecule has 7 heteroatoms. The van der Waals surface area contributed by atoms with Crippen molar-refractivity contribution < 1.29 is 0 Å². The number of halogens is 1. The molecule has 0 saturated carbocycles. The summed E-state index contributed by atoms with van der Waals surface area (Å²) >= 11 is 1.92. The molecule has 1 heterocycles. The smallest absolute Gasteiger partial charge is 0.190 e. The maximum atomic E-state index is 4.30. The van der Waals surface area contributed by atoms with E-state index >= 15 is 0 Å². The Labute approximate surface area is 193 Å². The van der Waals surface area contributed by atoms with Gasteiger partial charge in [-0.1, -0.05) is 18.2 Å². The van der Waals surface area contributed by atoms with Crippen molar-refractivity contribution in [1.29, 1.82) is 0 Å². The topological polar surface area (TPSA) is 42.9 Å². The normalized spacial score (nSPS) is 15.2. The number of rotatable bonds is 11. The Morgan fingerprint density at radius 3 is 2.21 bits per heavy atom. The molecule has 0 unspecified atom stereocenters. The molecule has 0 radical (unpaired) electrons. The highest BCUT2D eigenvalue weighted by molar-refractivity contribution is 14.0. The van der Waals surface area contributed by atoms with Crippen LogP contribution in [0.2, 0.25) is 0 Å². The van der Waals surface area contributed by atoms with Crippen LogP contribution in [-0.4, -0.2) is 75.7 Å². The fourth-order valence-corrected chi connectivity index (χ4v) is 3.83. The zero-order chi connectivity index (χ0) is 19.2. The Morgan fingerprint density at radius 2 is 1.61 bits per heavy atom. The maximum absolute atomic E-state index is 4.30. The van der Waals surface area contributed by atoms with Crippen LogP contribution < -0.4 is 15.5 Å². The average molecular weight is 520 g/mol. The number of para-hydroxylation sites is 1. The molecular formula is C21H38IN5S. The number of benzene rings is 1. The highest BCUT2D eigenvalue weighted by atomic mass is 127. The van der Waals surface area contributed by atoms with Gasteiger partial charge in [0, 0.05) is 52.0 Å². The van der Waals surface area contributed by atoms with Gasteiger partial charge >= 0.3 is 0 Å². The second-order valence-electron chi connectivity index (χ2n) is 7.00. The van der Waals surface area contributed by atoms with Gasteiger partial charge in [-0.15, -0.1) is 24.0 Å². The zero-order valence-corrected chi connectivity index (χ0v) is 20.7. The number of hydrogen-bond acceptors (Lipinski definition) is 4. The van der Waals surface area contributed by atoms with Gasteiger partial charge in [-0.25, -0.2) is 0 Å². The highest BCUT2D eigenvalue weighted by Crippen LogP contribution is 2.15. The first-order valence-corrected chi connectivity index (χ1v) is 11.7. The molecule has 2 N–H and O–H groups in total. The summed E-state index contributed by atoms with van der Waals surface area (Å²) in [7, 11) is 1.85. The number of hydrogen-bond donors (Lipinski definition) is 2. The summed E-state index contributed by atoms with van der Waals surface area (Å²) in [5.41, 5.74) is 1.36. The van der Waals surface area contributed by atoms with Crippen LogP contribution in [-0.2, 0) is 0 Å². The molecule has 0 atom stereocenters. The lowest BCUT2D eigenvalue weighted by molar-refractivity contribution is 0.253. The summed E-state index contributed by atoms with van der Waals surface area (Å²) in [6, 6.07) is 10.8. The van der Waals surface area contributed by atoms with Crippen molar-refractivity contribution in [3.8, 4) is 0 Å². The molecule has 1 aliphatic rings. The third-order valence-electron chi connectivity index (χ3n) is 4.98. The van der Waals surface area contributed by atoms with Gasteiger partial charge < -0.3 is 15.5 Å². The van der Waals surface area contributed by atoms with Crippen molar-refractivity contribution in [2.75, 3.05) is 69.8 Å². The second-order valence-corrected chi connectivity index (χ2v) is 7.98. The van der Waals surface area contributed by atoms with Gasteiger partial charge in [0.05, 0.1) is 0 Å². The first kappa shape index (κ1) is 25.4. The van der Waals surface area contributed by atoms with E-state index in [0.29, 0.717) is 0 Å². The molecule has 1 aromatic rings. The van der Waals surface area contributed by atoms with E-state index in [0.717, 1.165) is 32.1 Å². The summed E-state index contributed by atoms with van der Waals surface area (Å²) in [6.07, 6.45) is 7.06. The van der Waals surface area contributed by atoms with Crippen LogP contribution in [0.5, 0.6) is 0 Å². The number of unbranched alkanes of at least 4 members (excludes halogenated alkanes) is 2. The maximum Gasteiger partial charge on any atom is 0.190 e. The van der Waals surface area contributed by atoms with Crippen molar-refractivity contribution in [2.45, 2.75) is 25.7 Å². The summed E-state index contributed by atoms with van der Waals surface area (Å²) in [4.78, 5) is 9.39. The van der Waals surface area contributed by atoms with Gasteiger partial charge in [-0.3, -0.25) is 9.89 Å². The number of piperazine rings is 1. The van der Waals surface area contributed by atoms with Crippen LogP contribution in [0.4, 0.5) is 5.69 Å². The Hall–Kier alpha value is -0.670. The van der Waals surface area contributed by atoms with E-state index < -0.39 is 0 Å². The van der Waals surface area contributed by atoms with Crippen molar-refractivity contribution in [3.05, 3.63) is 30.3 Å². The number of thioether (sulfide) groups is 1. The van der Waals surface area contributed by atoms with Crippen LogP contribution in [0.25, 0.3) is 0 Å². The molecule has 1 saturated heterocycles. The van der Waals surface area contributed by atoms with Crippen molar-refractivity contribution in [3.63, 3.8) is 0 Å². The molecule has 1 fully saturated rings. The number of aliphatic imine (C=N–C) groups is 1. The van der Waals surface area contributed by atoms with E-state index in [9.17, 15) is 0 Å². The van der Waals surface area contributed by atoms with Crippen molar-refractivity contribution >= 4 is 47.4 Å². The van der Waals surface area contributed by atoms with Crippen molar-refractivity contribution in [2.24, 2.45) is 4.99 Å². The molecule has 28 heavy (non-hydrogen) atoms. The Bertz CT molecular complexity index is 521. The average Bonchev–Trinajstić information content (AvgIpc) is 2.73. The number of nitrogens with zero attached hydrogens (tertiary/aromatic N) is 3. The lowest BCUT2D eigenvalue weighted by Gasteiger charge is -2.36. The van der Waals surface area contributed by atoms with Crippen LogP contribution in [0.3, 0.4) is 0 Å². The van der Waals surface area contributed by atoms with Crippen LogP contribution in [0.1, 0.15) is 25.7 Å². The third kappa shape index (κ3) is 10.2. The van der Waals surface area contributed by atoms with Gasteiger partial charge in [0.1, 0.15) is 0 Å². The quantitative estimate of drug-likeness (QED) is 0.203. The van der Waals surface area contributed by atoms with Gasteiger partial charge in [0.2, 0.25) is 0 Å². The van der Waals surface area contributed by atoms with Crippen molar-refractivity contribution in [1.82, 2.24) is 15.5 Å². The van der Waals surface area contributed by atoms with E-state index in [1.165, 1.54) is 56.8 Å². The Kier molecular flexibility index (Phi) is 14.6. The van der Waals surface area contributed by atoms with Crippen LogP contribution in [0, 0.1) is 0 Å². The molecule has 0 bridgehead atoms. The number of guanidine groups is 1. The molecule has 1 aliphatic heterocycles. The molecule has 0 spiro atoms. The van der Waals surface area contributed by atoms with Crippen LogP contribution in [0.15, 0.2) is 35.3 Å². The van der Waals surface area contributed by atoms with Gasteiger partial charge in [0.15, 0.2) is 5.96 Å². The lowest BCUT2D eigenvalue weighted by Crippen LogP contribution is -2.46. The summed E-state index contributed by atoms with van der Waals surface area (Å²) < 4.78 is 0. The fraction of sp³-hybridized carbons (Fsp3) is 0.667. The predicted molar refractivity (Wildman–Crippen MR) is 137 cm³/mol. The highest BCUT2D eigenvalue weighted by Gasteiger charge is 2.16. The van der Waals surface area contributed by atoms with E-state index in [1.807, 2.05) is 18.8 Å². The number of anilines is 1. The number of nitrogens with one attached hydrogen (secondary N) is 2. The molecule has 1 aromatic carbocycles. The lowest BCUT2D eigenvalue weighted by atomic mass is 10.2. The molecular weight excluding hydrogens is 481 g/mol. The Morgan fingerprint density at radius 1 is 0.964 bits per heavy atom. The minimum atomic E-state index is 0. The zero-order valence-electron chi connectivity index (χ0n) is 17.5. The molecule has 0 aromatic heterocycles. The fourth-order valence-electron chi connectivity index (χ4n) is 3.33. The van der Waals surface area contributed by atoms with E-state index in [1.54, 1.807) is 0 Å². The molecule has 0 aliphatic carbocycles. The summed E-state index contributed by atoms with van der Waals surface area (Å²) in [5.74, 6) is 2.18. The SMILES string of the molecule is CN=C(NCCCCSC)NCCCCN1CCN(c2ccccc2)CC1.I. The first-order valence-electron chi connectivity index (χ1n) is 10.3. The second kappa shape index (κ2) is 16.2. The van der Waals surface area contributed by atoms with E-state index in [4.69, 9.17) is 0 Å². The monoisotopic (exact) mass is 519 g/mol. The van der Waals surface area contributed by atoms with Crippen LogP contribution >= 0.6 is 35.7 Å². The first-order chi connectivity index (χ1) is 13.3. The third-order valence-corrected chi connectivity index (χ3v) is 5.68. The van der Waals surface area contributed by atoms with Gasteiger partial charge in [-0.05, 0) is 56.4 Å².